The summed E-state index contributed by atoms with van der Waals surface area (Å²) in [6.07, 6.45) is 7.02. The van der Waals surface area contributed by atoms with E-state index in [1.165, 1.54) is 0 Å². The smallest absolute Gasteiger partial charge is 0.333 e. The maximum atomic E-state index is 10.8. The average molecular weight is 255 g/mol. The Bertz CT molecular complexity index is 338. The lowest BCUT2D eigenvalue weighted by Crippen LogP contribution is -2.29. The Balaban J connectivity index is 0.000000771. The van der Waals surface area contributed by atoms with Crippen LogP contribution in [0, 0.1) is 0 Å². The SMILES string of the molecule is CC.O=C(O)C1=CN(C2CCC(CO)O2)C=CC1. The predicted molar refractivity (Wildman–Crippen MR) is 67.6 cm³/mol. The Kier molecular flexibility index (Phi) is 5.88. The first-order chi connectivity index (χ1) is 8.70. The fourth-order valence-corrected chi connectivity index (χ4v) is 1.94. The van der Waals surface area contributed by atoms with Crippen LogP contribution in [0.1, 0.15) is 33.1 Å². The summed E-state index contributed by atoms with van der Waals surface area (Å²) in [6.45, 7) is 4.02. The first-order valence-electron chi connectivity index (χ1n) is 6.35. The van der Waals surface area contributed by atoms with Gasteiger partial charge < -0.3 is 19.8 Å². The van der Waals surface area contributed by atoms with E-state index in [2.05, 4.69) is 0 Å². The van der Waals surface area contributed by atoms with Crippen LogP contribution in [-0.2, 0) is 9.53 Å². The summed E-state index contributed by atoms with van der Waals surface area (Å²) in [6, 6.07) is 0. The lowest BCUT2D eigenvalue weighted by Gasteiger charge is -2.26. The van der Waals surface area contributed by atoms with Gasteiger partial charge in [0.15, 0.2) is 0 Å². The average Bonchev–Trinajstić information content (AvgIpc) is 2.90. The highest BCUT2D eigenvalue weighted by Crippen LogP contribution is 2.25. The van der Waals surface area contributed by atoms with E-state index in [0.29, 0.717) is 12.0 Å². The molecular weight excluding hydrogens is 234 g/mol. The Morgan fingerprint density at radius 1 is 1.50 bits per heavy atom. The van der Waals surface area contributed by atoms with Gasteiger partial charge in [-0.1, -0.05) is 19.9 Å². The molecule has 0 radical (unpaired) electrons. The van der Waals surface area contributed by atoms with E-state index < -0.39 is 5.97 Å². The van der Waals surface area contributed by atoms with Crippen LogP contribution in [0.25, 0.3) is 0 Å². The highest BCUT2D eigenvalue weighted by Gasteiger charge is 2.28. The van der Waals surface area contributed by atoms with E-state index in [4.69, 9.17) is 14.9 Å². The zero-order valence-corrected chi connectivity index (χ0v) is 10.9. The number of nitrogens with zero attached hydrogens (tertiary/aromatic N) is 1. The van der Waals surface area contributed by atoms with Gasteiger partial charge in [0, 0.05) is 18.8 Å². The molecule has 1 saturated heterocycles. The van der Waals surface area contributed by atoms with Gasteiger partial charge >= 0.3 is 5.97 Å². The molecule has 5 heteroatoms. The van der Waals surface area contributed by atoms with Crippen LogP contribution in [0.3, 0.4) is 0 Å². The van der Waals surface area contributed by atoms with Crippen LogP contribution >= 0.6 is 0 Å². The van der Waals surface area contributed by atoms with E-state index in [0.717, 1.165) is 12.8 Å². The van der Waals surface area contributed by atoms with Crippen LogP contribution in [-0.4, -0.2) is 40.0 Å². The van der Waals surface area contributed by atoms with E-state index in [1.807, 2.05) is 20.0 Å². The van der Waals surface area contributed by atoms with Crippen molar-refractivity contribution in [2.24, 2.45) is 0 Å². The second-order valence-corrected chi connectivity index (χ2v) is 3.97. The van der Waals surface area contributed by atoms with Gasteiger partial charge in [0.2, 0.25) is 0 Å². The minimum absolute atomic E-state index is 0.0174. The summed E-state index contributed by atoms with van der Waals surface area (Å²) in [5.41, 5.74) is 0.360. The van der Waals surface area contributed by atoms with Gasteiger partial charge in [-0.3, -0.25) is 0 Å². The minimum Gasteiger partial charge on any atom is -0.478 e. The third kappa shape index (κ3) is 3.58. The minimum atomic E-state index is -0.897. The normalized spacial score (nSPS) is 26.4. The van der Waals surface area contributed by atoms with E-state index >= 15 is 0 Å². The molecule has 2 atom stereocenters. The number of carboxylic acids is 1. The second-order valence-electron chi connectivity index (χ2n) is 3.97. The third-order valence-corrected chi connectivity index (χ3v) is 2.82. The molecule has 0 aromatic rings. The predicted octanol–water partition coefficient (Wildman–Crippen LogP) is 1.70. The Morgan fingerprint density at radius 2 is 2.22 bits per heavy atom. The summed E-state index contributed by atoms with van der Waals surface area (Å²) >= 11 is 0. The second kappa shape index (κ2) is 7.18. The molecule has 0 saturated carbocycles. The molecule has 5 nitrogen and oxygen atoms in total. The van der Waals surface area contributed by atoms with Crippen LogP contribution in [0.5, 0.6) is 0 Å². The molecule has 1 fully saturated rings. The standard InChI is InChI=1S/C11H15NO4.C2H6/c13-7-9-3-4-10(16-9)12-5-1-2-8(6-12)11(14)15;1-2/h1,5-6,9-10,13H,2-4,7H2,(H,14,15);1-2H3. The summed E-state index contributed by atoms with van der Waals surface area (Å²) in [5.74, 6) is -0.897. The first-order valence-corrected chi connectivity index (χ1v) is 6.35. The quantitative estimate of drug-likeness (QED) is 0.803. The summed E-state index contributed by atoms with van der Waals surface area (Å²) in [4.78, 5) is 12.6. The van der Waals surface area contributed by atoms with Crippen molar-refractivity contribution in [1.29, 1.82) is 0 Å². The molecule has 2 heterocycles. The monoisotopic (exact) mass is 255 g/mol. The number of aliphatic carboxylic acids is 1. The summed E-state index contributed by atoms with van der Waals surface area (Å²) in [7, 11) is 0. The van der Waals surface area contributed by atoms with Crippen LogP contribution in [0.2, 0.25) is 0 Å². The van der Waals surface area contributed by atoms with E-state index in [-0.39, 0.29) is 18.9 Å². The fraction of sp³-hybridized carbons (Fsp3) is 0.615. The van der Waals surface area contributed by atoms with Crippen LogP contribution in [0.15, 0.2) is 24.0 Å². The van der Waals surface area contributed by atoms with Crippen LogP contribution in [0.4, 0.5) is 0 Å². The molecule has 0 bridgehead atoms. The van der Waals surface area contributed by atoms with Gasteiger partial charge in [0.1, 0.15) is 6.23 Å². The fourth-order valence-electron chi connectivity index (χ4n) is 1.94. The molecule has 18 heavy (non-hydrogen) atoms. The maximum Gasteiger partial charge on any atom is 0.333 e. The number of ether oxygens (including phenoxy) is 1. The molecule has 2 N–H and O–H groups in total. The highest BCUT2D eigenvalue weighted by molar-refractivity contribution is 5.87. The largest absolute Gasteiger partial charge is 0.478 e. The number of carbonyl (C=O) groups is 1. The molecule has 0 spiro atoms. The zero-order chi connectivity index (χ0) is 13.5. The number of aliphatic hydroxyl groups is 1. The Labute approximate surface area is 107 Å². The topological polar surface area (TPSA) is 70.0 Å². The van der Waals surface area contributed by atoms with E-state index in [1.54, 1.807) is 17.2 Å². The first kappa shape index (κ1) is 14.7. The Hall–Kier alpha value is -1.33. The van der Waals surface area contributed by atoms with Crippen molar-refractivity contribution in [2.75, 3.05) is 6.61 Å². The molecule has 0 aliphatic carbocycles. The van der Waals surface area contributed by atoms with Crippen molar-refractivity contribution < 1.29 is 19.7 Å². The molecule has 2 rings (SSSR count). The number of hydrogen-bond acceptors (Lipinski definition) is 4. The van der Waals surface area contributed by atoms with Crippen molar-refractivity contribution in [3.05, 3.63) is 24.0 Å². The highest BCUT2D eigenvalue weighted by atomic mass is 16.5. The molecule has 0 aromatic heterocycles. The molecule has 2 aliphatic rings. The third-order valence-electron chi connectivity index (χ3n) is 2.82. The van der Waals surface area contributed by atoms with Crippen molar-refractivity contribution in [2.45, 2.75) is 45.4 Å². The summed E-state index contributed by atoms with van der Waals surface area (Å²) < 4.78 is 5.57. The molecule has 0 aromatic carbocycles. The Morgan fingerprint density at radius 3 is 2.78 bits per heavy atom. The maximum absolute atomic E-state index is 10.8. The van der Waals surface area contributed by atoms with Crippen molar-refractivity contribution in [1.82, 2.24) is 4.90 Å². The van der Waals surface area contributed by atoms with Crippen LogP contribution < -0.4 is 0 Å². The van der Waals surface area contributed by atoms with Gasteiger partial charge in [-0.2, -0.15) is 0 Å². The van der Waals surface area contributed by atoms with E-state index in [9.17, 15) is 4.79 Å². The van der Waals surface area contributed by atoms with Gasteiger partial charge in [0.05, 0.1) is 18.3 Å². The van der Waals surface area contributed by atoms with Crippen molar-refractivity contribution in [3.63, 3.8) is 0 Å². The molecule has 2 unspecified atom stereocenters. The van der Waals surface area contributed by atoms with Crippen molar-refractivity contribution in [3.8, 4) is 0 Å². The van der Waals surface area contributed by atoms with Gasteiger partial charge in [-0.05, 0) is 12.8 Å². The number of carboxylic acid groups (broad SMARTS) is 1. The summed E-state index contributed by atoms with van der Waals surface area (Å²) in [5, 5.41) is 17.8. The van der Waals surface area contributed by atoms with Gasteiger partial charge in [0.25, 0.3) is 0 Å². The number of aliphatic hydroxyl groups excluding tert-OH is 1. The number of rotatable bonds is 3. The number of allylic oxidation sites excluding steroid dienone is 1. The number of hydrogen-bond donors (Lipinski definition) is 2. The lowest BCUT2D eigenvalue weighted by atomic mass is 10.1. The van der Waals surface area contributed by atoms with Gasteiger partial charge in [-0.15, -0.1) is 0 Å². The molecular formula is C13H21NO4. The lowest BCUT2D eigenvalue weighted by molar-refractivity contribution is -0.132. The zero-order valence-electron chi connectivity index (χ0n) is 10.9. The van der Waals surface area contributed by atoms with Gasteiger partial charge in [-0.25, -0.2) is 4.79 Å². The molecule has 102 valence electrons. The molecule has 0 amide bonds. The molecule has 2 aliphatic heterocycles. The van der Waals surface area contributed by atoms with Crippen molar-refractivity contribution >= 4 is 5.97 Å².